The Morgan fingerprint density at radius 2 is 1.93 bits per heavy atom. The van der Waals surface area contributed by atoms with Crippen molar-refractivity contribution in [1.82, 2.24) is 0 Å². The molecule has 82 valence electrons. The lowest BCUT2D eigenvalue weighted by Crippen LogP contribution is -2.22. The van der Waals surface area contributed by atoms with E-state index in [1.54, 1.807) is 20.8 Å². The van der Waals surface area contributed by atoms with Crippen molar-refractivity contribution in [2.24, 2.45) is 5.41 Å². The van der Waals surface area contributed by atoms with E-state index in [2.05, 4.69) is 0 Å². The Kier molecular flexibility index (Phi) is 4.52. The van der Waals surface area contributed by atoms with Crippen LogP contribution in [0.4, 0.5) is 0 Å². The van der Waals surface area contributed by atoms with Crippen molar-refractivity contribution in [3.63, 3.8) is 0 Å². The summed E-state index contributed by atoms with van der Waals surface area (Å²) in [6.07, 6.45) is 1.13. The fourth-order valence-corrected chi connectivity index (χ4v) is 0.881. The van der Waals surface area contributed by atoms with Crippen molar-refractivity contribution < 1.29 is 23.9 Å². The molecule has 0 aliphatic rings. The summed E-state index contributed by atoms with van der Waals surface area (Å²) in [5.74, 6) is 0.302. The van der Waals surface area contributed by atoms with Gasteiger partial charge in [-0.2, -0.15) is 0 Å². The van der Waals surface area contributed by atoms with Crippen LogP contribution < -0.4 is 0 Å². The van der Waals surface area contributed by atoms with Crippen molar-refractivity contribution in [3.05, 3.63) is 11.9 Å². The first-order valence-corrected chi connectivity index (χ1v) is 5.71. The summed E-state index contributed by atoms with van der Waals surface area (Å²) in [4.78, 5) is 28.0. The Morgan fingerprint density at radius 3 is 2.29 bits per heavy atom. The van der Waals surface area contributed by atoms with E-state index in [9.17, 15) is 9.36 Å². The van der Waals surface area contributed by atoms with E-state index >= 15 is 0 Å². The lowest BCUT2D eigenvalue weighted by molar-refractivity contribution is -0.151. The van der Waals surface area contributed by atoms with Gasteiger partial charge in [0.25, 0.3) is 0 Å². The summed E-state index contributed by atoms with van der Waals surface area (Å²) < 4.78 is 15.1. The molecule has 0 saturated carbocycles. The lowest BCUT2D eigenvalue weighted by atomic mass is 9.97. The van der Waals surface area contributed by atoms with Crippen LogP contribution in [0.5, 0.6) is 0 Å². The van der Waals surface area contributed by atoms with Gasteiger partial charge in [0, 0.05) is 5.82 Å². The van der Waals surface area contributed by atoms with E-state index in [1.165, 1.54) is 0 Å². The second-order valence-electron chi connectivity index (χ2n) is 3.82. The minimum Gasteiger partial charge on any atom is -0.461 e. The number of rotatable bonds is 3. The molecule has 0 radical (unpaired) electrons. The molecule has 0 bridgehead atoms. The van der Waals surface area contributed by atoms with Gasteiger partial charge in [-0.1, -0.05) is 0 Å². The Hall–Kier alpha value is -0.640. The van der Waals surface area contributed by atoms with E-state index in [1.807, 2.05) is 0 Å². The molecule has 0 aromatic heterocycles. The first-order chi connectivity index (χ1) is 6.13. The van der Waals surface area contributed by atoms with Crippen LogP contribution >= 0.6 is 7.60 Å². The van der Waals surface area contributed by atoms with Gasteiger partial charge in [-0.15, -0.1) is 0 Å². The maximum absolute atomic E-state index is 11.1. The van der Waals surface area contributed by atoms with Crippen LogP contribution in [0.1, 0.15) is 20.8 Å². The Morgan fingerprint density at radius 1 is 1.43 bits per heavy atom. The molecule has 0 aliphatic carbocycles. The van der Waals surface area contributed by atoms with E-state index < -0.39 is 19.0 Å². The van der Waals surface area contributed by atoms with Gasteiger partial charge in [-0.05, 0) is 26.8 Å². The Balaban J connectivity index is 3.94. The number of hydrogen-bond acceptors (Lipinski definition) is 3. The third-order valence-corrected chi connectivity index (χ3v) is 1.82. The molecule has 0 aliphatic heterocycles. The predicted molar refractivity (Wildman–Crippen MR) is 51.6 cm³/mol. The zero-order valence-corrected chi connectivity index (χ0v) is 9.32. The van der Waals surface area contributed by atoms with E-state index in [0.717, 1.165) is 6.08 Å². The standard InChI is InChI=1S/C8H15O5P/c1-8(2,3)7(9)13-5-4-6-14(10,11)12/h4,6H,5H2,1-3H3,(H2,10,11,12)/b6-4+. The van der Waals surface area contributed by atoms with Crippen LogP contribution in [0, 0.1) is 5.41 Å². The normalized spacial score (nSPS) is 13.2. The molecule has 0 saturated heterocycles. The Bertz CT molecular complexity index is 270. The summed E-state index contributed by atoms with van der Waals surface area (Å²) in [6.45, 7) is 4.97. The summed E-state index contributed by atoms with van der Waals surface area (Å²) in [5.41, 5.74) is -0.601. The second kappa shape index (κ2) is 4.73. The maximum atomic E-state index is 11.1. The fourth-order valence-electron chi connectivity index (χ4n) is 0.521. The average molecular weight is 222 g/mol. The van der Waals surface area contributed by atoms with E-state index in [4.69, 9.17) is 14.5 Å². The molecule has 0 aromatic carbocycles. The smallest absolute Gasteiger partial charge is 0.348 e. The first-order valence-electron chi connectivity index (χ1n) is 4.03. The second-order valence-corrected chi connectivity index (χ2v) is 5.30. The molecule has 2 N–H and O–H groups in total. The molecule has 0 unspecified atom stereocenters. The van der Waals surface area contributed by atoms with Gasteiger partial charge >= 0.3 is 13.6 Å². The van der Waals surface area contributed by atoms with E-state index in [-0.39, 0.29) is 6.61 Å². The zero-order chi connectivity index (χ0) is 11.4. The molecule has 0 amide bonds. The van der Waals surface area contributed by atoms with Gasteiger partial charge in [-0.3, -0.25) is 9.36 Å². The largest absolute Gasteiger partial charge is 0.461 e. The highest BCUT2D eigenvalue weighted by Gasteiger charge is 2.22. The van der Waals surface area contributed by atoms with Crippen LogP contribution in [0.15, 0.2) is 11.9 Å². The van der Waals surface area contributed by atoms with Crippen LogP contribution in [0.3, 0.4) is 0 Å². The van der Waals surface area contributed by atoms with E-state index in [0.29, 0.717) is 5.82 Å². The van der Waals surface area contributed by atoms with Gasteiger partial charge in [0.1, 0.15) is 6.61 Å². The van der Waals surface area contributed by atoms with Gasteiger partial charge in [0.15, 0.2) is 0 Å². The van der Waals surface area contributed by atoms with Crippen LogP contribution in [0.2, 0.25) is 0 Å². The minimum atomic E-state index is -4.14. The Labute approximate surface area is 82.9 Å². The van der Waals surface area contributed by atoms with Crippen molar-refractivity contribution in [2.45, 2.75) is 20.8 Å². The van der Waals surface area contributed by atoms with Gasteiger partial charge in [0.05, 0.1) is 5.41 Å². The predicted octanol–water partition coefficient (Wildman–Crippen LogP) is 1.27. The molecule has 0 heterocycles. The number of ether oxygens (including phenoxy) is 1. The topological polar surface area (TPSA) is 83.8 Å². The molecule has 0 aromatic rings. The number of carbonyl (C=O) groups is 1. The van der Waals surface area contributed by atoms with Crippen LogP contribution in [-0.2, 0) is 14.1 Å². The number of esters is 1. The number of carbonyl (C=O) groups excluding carboxylic acids is 1. The van der Waals surface area contributed by atoms with Crippen molar-refractivity contribution >= 4 is 13.6 Å². The SMILES string of the molecule is CC(C)(C)C(=O)OC/C=C/P(=O)(O)O. The summed E-state index contributed by atoms with van der Waals surface area (Å²) in [6, 6.07) is 0. The third kappa shape index (κ3) is 6.83. The monoisotopic (exact) mass is 222 g/mol. The highest BCUT2D eigenvalue weighted by atomic mass is 31.2. The molecule has 5 nitrogen and oxygen atoms in total. The lowest BCUT2D eigenvalue weighted by Gasteiger charge is -2.15. The zero-order valence-electron chi connectivity index (χ0n) is 8.43. The molecule has 0 spiro atoms. The van der Waals surface area contributed by atoms with Crippen molar-refractivity contribution in [1.29, 1.82) is 0 Å². The number of hydrogen-bond donors (Lipinski definition) is 2. The highest BCUT2D eigenvalue weighted by molar-refractivity contribution is 7.55. The molecule has 0 fully saturated rings. The molecule has 0 atom stereocenters. The summed E-state index contributed by atoms with van der Waals surface area (Å²) >= 11 is 0. The third-order valence-electron chi connectivity index (χ3n) is 1.22. The first kappa shape index (κ1) is 13.4. The van der Waals surface area contributed by atoms with Gasteiger partial charge in [-0.25, -0.2) is 0 Å². The molecule has 0 rings (SSSR count). The molecule has 6 heteroatoms. The summed E-state index contributed by atoms with van der Waals surface area (Å²) in [7, 11) is -4.14. The van der Waals surface area contributed by atoms with Gasteiger partial charge < -0.3 is 14.5 Å². The molecular weight excluding hydrogens is 207 g/mol. The quantitative estimate of drug-likeness (QED) is 0.554. The molecular formula is C8H15O5P. The maximum Gasteiger partial charge on any atom is 0.348 e. The minimum absolute atomic E-state index is 0.124. The van der Waals surface area contributed by atoms with Crippen LogP contribution in [-0.4, -0.2) is 22.4 Å². The average Bonchev–Trinajstić information content (AvgIpc) is 1.93. The van der Waals surface area contributed by atoms with Crippen molar-refractivity contribution in [3.8, 4) is 0 Å². The highest BCUT2D eigenvalue weighted by Crippen LogP contribution is 2.35. The summed E-state index contributed by atoms with van der Waals surface area (Å²) in [5, 5.41) is 0. The fraction of sp³-hybridized carbons (Fsp3) is 0.625. The van der Waals surface area contributed by atoms with Gasteiger partial charge in [0.2, 0.25) is 0 Å². The van der Waals surface area contributed by atoms with Crippen LogP contribution in [0.25, 0.3) is 0 Å². The van der Waals surface area contributed by atoms with Crippen molar-refractivity contribution in [2.75, 3.05) is 6.61 Å². The molecule has 14 heavy (non-hydrogen) atoms.